The lowest BCUT2D eigenvalue weighted by Crippen LogP contribution is -2.43. The molecule has 4 nitrogen and oxygen atoms in total. The van der Waals surface area contributed by atoms with Crippen molar-refractivity contribution in [2.24, 2.45) is 0 Å². The molecule has 0 saturated carbocycles. The minimum atomic E-state index is 0.0401. The highest BCUT2D eigenvalue weighted by Gasteiger charge is 2.29. The van der Waals surface area contributed by atoms with Gasteiger partial charge < -0.3 is 9.64 Å². The number of amides is 1. The number of likely N-dealkylation sites (tertiary alicyclic amines) is 1. The van der Waals surface area contributed by atoms with Gasteiger partial charge in [-0.1, -0.05) is 12.1 Å². The number of fused-ring (bicyclic) bond motifs is 1. The topological polar surface area (TPSA) is 46.6 Å². The van der Waals surface area contributed by atoms with Gasteiger partial charge in [-0.15, -0.1) is 0 Å². The fourth-order valence-electron chi connectivity index (χ4n) is 3.18. The van der Waals surface area contributed by atoms with Crippen molar-refractivity contribution in [1.82, 2.24) is 4.90 Å². The Kier molecular flexibility index (Phi) is 3.57. The summed E-state index contributed by atoms with van der Waals surface area (Å²) in [6, 6.07) is 5.48. The Morgan fingerprint density at radius 3 is 3.00 bits per heavy atom. The number of ether oxygens (including phenoxy) is 1. The highest BCUT2D eigenvalue weighted by molar-refractivity contribution is 6.05. The summed E-state index contributed by atoms with van der Waals surface area (Å²) in [6.45, 7) is 1.42. The van der Waals surface area contributed by atoms with Crippen LogP contribution < -0.4 is 0 Å². The zero-order valence-corrected chi connectivity index (χ0v) is 11.7. The Balaban J connectivity index is 1.86. The van der Waals surface area contributed by atoms with Crippen molar-refractivity contribution in [3.8, 4) is 0 Å². The highest BCUT2D eigenvalue weighted by atomic mass is 16.5. The van der Waals surface area contributed by atoms with Crippen LogP contribution in [0.4, 0.5) is 0 Å². The Bertz CT molecular complexity index is 553. The molecular weight excluding hydrogens is 254 g/mol. The van der Waals surface area contributed by atoms with Gasteiger partial charge in [0.25, 0.3) is 5.91 Å². The summed E-state index contributed by atoms with van der Waals surface area (Å²) >= 11 is 0. The van der Waals surface area contributed by atoms with E-state index in [1.54, 1.807) is 7.11 Å². The van der Waals surface area contributed by atoms with Crippen molar-refractivity contribution in [3.05, 3.63) is 34.9 Å². The predicted octanol–water partition coefficient (Wildman–Crippen LogP) is 2.07. The number of carbonyl (C=O) groups excluding carboxylic acids is 2. The maximum absolute atomic E-state index is 12.7. The van der Waals surface area contributed by atoms with Gasteiger partial charge in [0.15, 0.2) is 5.78 Å². The van der Waals surface area contributed by atoms with Gasteiger partial charge in [0.1, 0.15) is 0 Å². The molecule has 1 unspecified atom stereocenters. The van der Waals surface area contributed by atoms with Gasteiger partial charge in [0, 0.05) is 37.7 Å². The van der Waals surface area contributed by atoms with Crippen LogP contribution in [0.25, 0.3) is 0 Å². The van der Waals surface area contributed by atoms with Gasteiger partial charge >= 0.3 is 0 Å². The van der Waals surface area contributed by atoms with Crippen molar-refractivity contribution in [3.63, 3.8) is 0 Å². The van der Waals surface area contributed by atoms with Crippen molar-refractivity contribution < 1.29 is 14.3 Å². The zero-order chi connectivity index (χ0) is 14.1. The molecule has 1 fully saturated rings. The Labute approximate surface area is 118 Å². The number of benzene rings is 1. The summed E-state index contributed by atoms with van der Waals surface area (Å²) in [5, 5.41) is 0. The Morgan fingerprint density at radius 2 is 2.20 bits per heavy atom. The molecule has 0 radical (unpaired) electrons. The lowest BCUT2D eigenvalue weighted by molar-refractivity contribution is 0.0268. The van der Waals surface area contributed by atoms with Crippen molar-refractivity contribution in [2.75, 3.05) is 20.2 Å². The number of methoxy groups -OCH3 is 1. The zero-order valence-electron chi connectivity index (χ0n) is 11.7. The van der Waals surface area contributed by atoms with E-state index in [2.05, 4.69) is 0 Å². The minimum Gasteiger partial charge on any atom is -0.380 e. The van der Waals surface area contributed by atoms with Crippen molar-refractivity contribution in [1.29, 1.82) is 0 Å². The summed E-state index contributed by atoms with van der Waals surface area (Å²) < 4.78 is 5.37. The summed E-state index contributed by atoms with van der Waals surface area (Å²) in [4.78, 5) is 26.3. The summed E-state index contributed by atoms with van der Waals surface area (Å²) in [5.41, 5.74) is 2.36. The first-order valence-corrected chi connectivity index (χ1v) is 7.18. The van der Waals surface area contributed by atoms with E-state index in [1.165, 1.54) is 0 Å². The number of piperidine rings is 1. The largest absolute Gasteiger partial charge is 0.380 e. The molecule has 0 N–H and O–H groups in total. The van der Waals surface area contributed by atoms with Crippen LogP contribution in [0.3, 0.4) is 0 Å². The SMILES string of the molecule is COC1CCCN(C(=O)c2cccc3c2CCC3=O)C1. The van der Waals surface area contributed by atoms with E-state index >= 15 is 0 Å². The second kappa shape index (κ2) is 5.37. The van der Waals surface area contributed by atoms with Gasteiger partial charge in [-0.25, -0.2) is 0 Å². The molecule has 20 heavy (non-hydrogen) atoms. The number of hydrogen-bond acceptors (Lipinski definition) is 3. The lowest BCUT2D eigenvalue weighted by Gasteiger charge is -2.32. The molecule has 0 bridgehead atoms. The van der Waals surface area contributed by atoms with E-state index in [0.29, 0.717) is 24.9 Å². The monoisotopic (exact) mass is 273 g/mol. The molecular formula is C16H19NO3. The van der Waals surface area contributed by atoms with Crippen molar-refractivity contribution >= 4 is 11.7 Å². The highest BCUT2D eigenvalue weighted by Crippen LogP contribution is 2.27. The number of rotatable bonds is 2. The maximum atomic E-state index is 12.7. The number of ketones is 1. The number of hydrogen-bond donors (Lipinski definition) is 0. The molecule has 1 aromatic carbocycles. The van der Waals surface area contributed by atoms with E-state index in [1.807, 2.05) is 23.1 Å². The molecule has 1 aliphatic heterocycles. The van der Waals surface area contributed by atoms with Crippen LogP contribution >= 0.6 is 0 Å². The second-order valence-corrected chi connectivity index (χ2v) is 5.51. The lowest BCUT2D eigenvalue weighted by atomic mass is 10.0. The first-order valence-electron chi connectivity index (χ1n) is 7.18. The average Bonchev–Trinajstić information content (AvgIpc) is 2.88. The van der Waals surface area contributed by atoms with E-state index in [0.717, 1.165) is 30.5 Å². The van der Waals surface area contributed by atoms with Gasteiger partial charge in [0.05, 0.1) is 6.10 Å². The number of carbonyl (C=O) groups is 2. The first kappa shape index (κ1) is 13.3. The van der Waals surface area contributed by atoms with Gasteiger partial charge in [-0.05, 0) is 30.9 Å². The minimum absolute atomic E-state index is 0.0401. The first-order chi connectivity index (χ1) is 9.70. The molecule has 106 valence electrons. The third kappa shape index (κ3) is 2.24. The van der Waals surface area contributed by atoms with E-state index in [-0.39, 0.29) is 17.8 Å². The van der Waals surface area contributed by atoms with Crippen LogP contribution in [-0.2, 0) is 11.2 Å². The molecule has 1 saturated heterocycles. The molecule has 1 aromatic rings. The average molecular weight is 273 g/mol. The molecule has 1 aliphatic carbocycles. The fourth-order valence-corrected chi connectivity index (χ4v) is 3.18. The molecule has 4 heteroatoms. The summed E-state index contributed by atoms with van der Waals surface area (Å²) in [7, 11) is 1.69. The third-order valence-electron chi connectivity index (χ3n) is 4.31. The van der Waals surface area contributed by atoms with Crippen LogP contribution in [0.15, 0.2) is 18.2 Å². The Morgan fingerprint density at radius 1 is 1.35 bits per heavy atom. The van der Waals surface area contributed by atoms with Crippen LogP contribution in [0.2, 0.25) is 0 Å². The molecule has 0 spiro atoms. The van der Waals surface area contributed by atoms with E-state index in [9.17, 15) is 9.59 Å². The van der Waals surface area contributed by atoms with E-state index < -0.39 is 0 Å². The molecule has 3 rings (SSSR count). The smallest absolute Gasteiger partial charge is 0.254 e. The van der Waals surface area contributed by atoms with Crippen LogP contribution in [0.5, 0.6) is 0 Å². The van der Waals surface area contributed by atoms with Crippen molar-refractivity contribution in [2.45, 2.75) is 31.8 Å². The van der Waals surface area contributed by atoms with Gasteiger partial charge in [0.2, 0.25) is 0 Å². The third-order valence-corrected chi connectivity index (χ3v) is 4.31. The summed E-state index contributed by atoms with van der Waals surface area (Å²) in [5.74, 6) is 0.196. The molecule has 0 aromatic heterocycles. The van der Waals surface area contributed by atoms with Gasteiger partial charge in [-0.3, -0.25) is 9.59 Å². The molecule has 2 aliphatic rings. The molecule has 1 amide bonds. The van der Waals surface area contributed by atoms with Crippen LogP contribution in [0, 0.1) is 0 Å². The predicted molar refractivity (Wildman–Crippen MR) is 75.0 cm³/mol. The fraction of sp³-hybridized carbons (Fsp3) is 0.500. The normalized spacial score (nSPS) is 21.9. The Hall–Kier alpha value is -1.68. The van der Waals surface area contributed by atoms with Crippen LogP contribution in [0.1, 0.15) is 45.5 Å². The number of nitrogens with zero attached hydrogens (tertiary/aromatic N) is 1. The molecule has 1 atom stereocenters. The van der Waals surface area contributed by atoms with Crippen LogP contribution in [-0.4, -0.2) is 42.9 Å². The quantitative estimate of drug-likeness (QED) is 0.828. The van der Waals surface area contributed by atoms with Gasteiger partial charge in [-0.2, -0.15) is 0 Å². The second-order valence-electron chi connectivity index (χ2n) is 5.51. The standard InChI is InChI=1S/C16H19NO3/c1-20-11-4-3-9-17(10-11)16(19)14-6-2-5-13-12(14)7-8-15(13)18/h2,5-6,11H,3-4,7-10H2,1H3. The summed E-state index contributed by atoms with van der Waals surface area (Å²) in [6.07, 6.45) is 3.33. The molecule has 1 heterocycles. The maximum Gasteiger partial charge on any atom is 0.254 e. The van der Waals surface area contributed by atoms with E-state index in [4.69, 9.17) is 4.74 Å². The number of Topliss-reactive ketones (excluding diaryl/α,β-unsaturated/α-hetero) is 1.